The summed E-state index contributed by atoms with van der Waals surface area (Å²) in [6, 6.07) is 3.95. The van der Waals surface area contributed by atoms with Crippen molar-refractivity contribution in [2.24, 2.45) is 23.7 Å². The first kappa shape index (κ1) is 16.3. The minimum Gasteiger partial charge on any atom is -0.507 e. The second-order valence-corrected chi connectivity index (χ2v) is 6.38. The fraction of sp³-hybridized carbons (Fsp3) is 0.312. The SMILES string of the molecule is O=C(NNC(=O)[C@@H]1[C@@H](C(=O)O)[C@H]2C=C[C@@H]1C2)c1cc(Cl)ccc1O. The van der Waals surface area contributed by atoms with E-state index in [0.29, 0.717) is 6.42 Å². The van der Waals surface area contributed by atoms with E-state index < -0.39 is 29.6 Å². The van der Waals surface area contributed by atoms with E-state index in [1.165, 1.54) is 18.2 Å². The molecule has 1 aromatic carbocycles. The summed E-state index contributed by atoms with van der Waals surface area (Å²) in [5.74, 6) is -4.43. The summed E-state index contributed by atoms with van der Waals surface area (Å²) in [6.45, 7) is 0. The number of fused-ring (bicyclic) bond motifs is 2. The number of benzene rings is 1. The van der Waals surface area contributed by atoms with Crippen molar-refractivity contribution in [1.82, 2.24) is 10.9 Å². The highest BCUT2D eigenvalue weighted by molar-refractivity contribution is 6.31. The largest absolute Gasteiger partial charge is 0.507 e. The second kappa shape index (κ2) is 6.16. The molecule has 1 aromatic rings. The fourth-order valence-corrected chi connectivity index (χ4v) is 3.65. The van der Waals surface area contributed by atoms with Crippen LogP contribution < -0.4 is 10.9 Å². The van der Waals surface area contributed by atoms with Gasteiger partial charge in [-0.05, 0) is 36.5 Å². The van der Waals surface area contributed by atoms with Crippen LogP contribution in [-0.4, -0.2) is 28.0 Å². The van der Waals surface area contributed by atoms with Gasteiger partial charge in [-0.25, -0.2) is 0 Å². The fourth-order valence-electron chi connectivity index (χ4n) is 3.48. The average molecular weight is 351 g/mol. The molecule has 2 aliphatic carbocycles. The van der Waals surface area contributed by atoms with E-state index in [-0.39, 0.29) is 28.2 Å². The molecule has 0 spiro atoms. The zero-order chi connectivity index (χ0) is 17.4. The van der Waals surface area contributed by atoms with Crippen LogP contribution in [0.1, 0.15) is 16.8 Å². The Morgan fingerprint density at radius 2 is 1.75 bits per heavy atom. The molecule has 7 nitrogen and oxygen atoms in total. The summed E-state index contributed by atoms with van der Waals surface area (Å²) in [6.07, 6.45) is 4.30. The molecule has 0 aliphatic heterocycles. The van der Waals surface area contributed by atoms with Crippen LogP contribution in [0.4, 0.5) is 0 Å². The van der Waals surface area contributed by atoms with Crippen LogP contribution in [0.25, 0.3) is 0 Å². The van der Waals surface area contributed by atoms with Gasteiger partial charge in [0.25, 0.3) is 5.91 Å². The highest BCUT2D eigenvalue weighted by Crippen LogP contribution is 2.48. The Kier molecular flexibility index (Phi) is 4.19. The maximum atomic E-state index is 12.3. The summed E-state index contributed by atoms with van der Waals surface area (Å²) < 4.78 is 0. The smallest absolute Gasteiger partial charge is 0.307 e. The van der Waals surface area contributed by atoms with Gasteiger partial charge in [0.05, 0.1) is 17.4 Å². The minimum absolute atomic E-state index is 0.0922. The first-order valence-electron chi connectivity index (χ1n) is 7.38. The van der Waals surface area contributed by atoms with Crippen LogP contribution in [0, 0.1) is 23.7 Å². The van der Waals surface area contributed by atoms with Crippen LogP contribution in [0.15, 0.2) is 30.4 Å². The summed E-state index contributed by atoms with van der Waals surface area (Å²) in [5, 5.41) is 19.2. The highest BCUT2D eigenvalue weighted by Gasteiger charge is 2.51. The Morgan fingerprint density at radius 1 is 1.08 bits per heavy atom. The Balaban J connectivity index is 1.67. The van der Waals surface area contributed by atoms with Gasteiger partial charge in [0.2, 0.25) is 5.91 Å². The van der Waals surface area contributed by atoms with Gasteiger partial charge in [-0.3, -0.25) is 25.2 Å². The molecule has 2 amide bonds. The number of aliphatic carboxylic acids is 1. The van der Waals surface area contributed by atoms with Gasteiger partial charge in [-0.15, -0.1) is 0 Å². The number of phenols is 1. The van der Waals surface area contributed by atoms with E-state index in [1.54, 1.807) is 0 Å². The predicted octanol–water partition coefficient (Wildman–Crippen LogP) is 1.33. The van der Waals surface area contributed by atoms with Gasteiger partial charge < -0.3 is 10.2 Å². The molecule has 1 fully saturated rings. The van der Waals surface area contributed by atoms with Crippen molar-refractivity contribution in [2.45, 2.75) is 6.42 Å². The molecule has 0 saturated heterocycles. The van der Waals surface area contributed by atoms with Crippen molar-refractivity contribution in [3.8, 4) is 5.75 Å². The molecule has 0 unspecified atom stereocenters. The van der Waals surface area contributed by atoms with Crippen molar-refractivity contribution in [3.63, 3.8) is 0 Å². The number of carboxylic acid groups (broad SMARTS) is 1. The third-order valence-corrected chi connectivity index (χ3v) is 4.78. The van der Waals surface area contributed by atoms with E-state index in [0.717, 1.165) is 0 Å². The molecule has 126 valence electrons. The van der Waals surface area contributed by atoms with Crippen LogP contribution in [0.3, 0.4) is 0 Å². The Morgan fingerprint density at radius 3 is 2.42 bits per heavy atom. The number of allylic oxidation sites excluding steroid dienone is 2. The molecule has 0 radical (unpaired) electrons. The normalized spacial score (nSPS) is 27.0. The van der Waals surface area contributed by atoms with Gasteiger partial charge in [-0.2, -0.15) is 0 Å². The maximum Gasteiger partial charge on any atom is 0.307 e. The number of halogens is 1. The number of rotatable bonds is 3. The molecule has 8 heteroatoms. The highest BCUT2D eigenvalue weighted by atomic mass is 35.5. The number of carbonyl (C=O) groups is 3. The van der Waals surface area contributed by atoms with Crippen LogP contribution in [0.2, 0.25) is 5.02 Å². The zero-order valence-corrected chi connectivity index (χ0v) is 13.2. The monoisotopic (exact) mass is 350 g/mol. The van der Waals surface area contributed by atoms with Crippen LogP contribution in [-0.2, 0) is 9.59 Å². The van der Waals surface area contributed by atoms with Gasteiger partial charge in [0, 0.05) is 5.02 Å². The summed E-state index contributed by atoms with van der Waals surface area (Å²) in [4.78, 5) is 35.8. The molecular weight excluding hydrogens is 336 g/mol. The molecule has 4 N–H and O–H groups in total. The molecule has 4 atom stereocenters. The number of hydrazine groups is 1. The third kappa shape index (κ3) is 2.82. The number of nitrogens with one attached hydrogen (secondary N) is 2. The van der Waals surface area contributed by atoms with Crippen molar-refractivity contribution < 1.29 is 24.6 Å². The quantitative estimate of drug-likeness (QED) is 0.485. The standard InChI is InChI=1S/C16H15ClN2O5/c17-9-3-4-11(20)10(6-9)14(21)18-19-15(22)12-7-1-2-8(5-7)13(12)16(23)24/h1-4,6-8,12-13,20H,5H2,(H,18,21)(H,19,22)(H,23,24)/t7-,8+,12+,13+/m1/s1. The van der Waals surface area contributed by atoms with Gasteiger partial charge >= 0.3 is 5.97 Å². The Bertz CT molecular complexity index is 748. The average Bonchev–Trinajstić information content (AvgIpc) is 3.15. The van der Waals surface area contributed by atoms with Crippen molar-refractivity contribution >= 4 is 29.4 Å². The molecule has 3 rings (SSSR count). The summed E-state index contributed by atoms with van der Waals surface area (Å²) >= 11 is 5.77. The second-order valence-electron chi connectivity index (χ2n) is 5.94. The lowest BCUT2D eigenvalue weighted by Gasteiger charge is -2.23. The van der Waals surface area contributed by atoms with Gasteiger partial charge in [0.15, 0.2) is 0 Å². The van der Waals surface area contributed by atoms with Crippen LogP contribution in [0.5, 0.6) is 5.75 Å². The van der Waals surface area contributed by atoms with E-state index in [4.69, 9.17) is 11.6 Å². The predicted molar refractivity (Wildman–Crippen MR) is 84.1 cm³/mol. The van der Waals surface area contributed by atoms with E-state index >= 15 is 0 Å². The molecular formula is C16H15ClN2O5. The molecule has 0 heterocycles. The van der Waals surface area contributed by atoms with Crippen molar-refractivity contribution in [3.05, 3.63) is 40.9 Å². The number of hydrogen-bond acceptors (Lipinski definition) is 4. The summed E-state index contributed by atoms with van der Waals surface area (Å²) in [7, 11) is 0. The molecule has 1 saturated carbocycles. The molecule has 0 aromatic heterocycles. The molecule has 24 heavy (non-hydrogen) atoms. The number of amides is 2. The maximum absolute atomic E-state index is 12.3. The Hall–Kier alpha value is -2.54. The van der Waals surface area contributed by atoms with Crippen molar-refractivity contribution in [2.75, 3.05) is 0 Å². The number of carbonyl (C=O) groups excluding carboxylic acids is 2. The lowest BCUT2D eigenvalue weighted by Crippen LogP contribution is -2.48. The number of aromatic hydroxyl groups is 1. The topological polar surface area (TPSA) is 116 Å². The summed E-state index contributed by atoms with van der Waals surface area (Å²) in [5.41, 5.74) is 4.35. The lowest BCUT2D eigenvalue weighted by atomic mass is 9.82. The van der Waals surface area contributed by atoms with Crippen LogP contribution >= 0.6 is 11.6 Å². The zero-order valence-electron chi connectivity index (χ0n) is 12.4. The first-order valence-corrected chi connectivity index (χ1v) is 7.76. The first-order chi connectivity index (χ1) is 11.4. The minimum atomic E-state index is -1.02. The van der Waals surface area contributed by atoms with Gasteiger partial charge in [0.1, 0.15) is 5.75 Å². The van der Waals surface area contributed by atoms with E-state index in [9.17, 15) is 24.6 Å². The number of phenolic OH excluding ortho intramolecular Hbond substituents is 1. The third-order valence-electron chi connectivity index (χ3n) is 4.55. The molecule has 2 aliphatic rings. The van der Waals surface area contributed by atoms with Crippen molar-refractivity contribution in [1.29, 1.82) is 0 Å². The molecule has 2 bridgehead atoms. The van der Waals surface area contributed by atoms with E-state index in [2.05, 4.69) is 10.9 Å². The lowest BCUT2D eigenvalue weighted by molar-refractivity contribution is -0.148. The van der Waals surface area contributed by atoms with Gasteiger partial charge in [-0.1, -0.05) is 23.8 Å². The number of hydrogen-bond donors (Lipinski definition) is 4. The number of carboxylic acids is 1. The van der Waals surface area contributed by atoms with E-state index in [1.807, 2.05) is 12.2 Å². The Labute approximate surface area is 142 Å².